The summed E-state index contributed by atoms with van der Waals surface area (Å²) >= 11 is 0. The van der Waals surface area contributed by atoms with Crippen LogP contribution in [0, 0.1) is 11.8 Å². The van der Waals surface area contributed by atoms with Gasteiger partial charge in [0.05, 0.1) is 26.1 Å². The third-order valence-corrected chi connectivity index (χ3v) is 4.76. The molecule has 4 nitrogen and oxygen atoms in total. The first-order valence-corrected chi connectivity index (χ1v) is 7.95. The molecule has 2 aromatic rings. The molecule has 0 saturated carbocycles. The number of carbonyl (C=O) groups excluding carboxylic acids is 2. The summed E-state index contributed by atoms with van der Waals surface area (Å²) in [4.78, 5) is 24.9. The second-order valence-corrected chi connectivity index (χ2v) is 5.97. The summed E-state index contributed by atoms with van der Waals surface area (Å²) in [5.41, 5.74) is 3.13. The average Bonchev–Trinajstić information content (AvgIpc) is 2.65. The number of fused-ring (bicyclic) bond motifs is 1. The van der Waals surface area contributed by atoms with Crippen LogP contribution in [-0.4, -0.2) is 26.2 Å². The van der Waals surface area contributed by atoms with E-state index in [-0.39, 0.29) is 17.9 Å². The van der Waals surface area contributed by atoms with Crippen molar-refractivity contribution < 1.29 is 19.1 Å². The highest BCUT2D eigenvalue weighted by Gasteiger charge is 2.46. The maximum Gasteiger partial charge on any atom is 0.310 e. The lowest BCUT2D eigenvalue weighted by Gasteiger charge is -2.37. The zero-order chi connectivity index (χ0) is 17.1. The van der Waals surface area contributed by atoms with Gasteiger partial charge in [-0.15, -0.1) is 0 Å². The third kappa shape index (κ3) is 2.80. The van der Waals surface area contributed by atoms with Gasteiger partial charge in [0.25, 0.3) is 0 Å². The molecule has 0 unspecified atom stereocenters. The van der Waals surface area contributed by atoms with E-state index in [1.807, 2.05) is 54.6 Å². The van der Waals surface area contributed by atoms with Gasteiger partial charge >= 0.3 is 11.9 Å². The standard InChI is InChI=1S/C20H20O4/c1-23-19(21)16-12-14-10-6-7-11-15(14)17(18(16)20(22)24-2)13-8-4-3-5-9-13/h3-11,16-18H,12H2,1-2H3/t16-,17+,18-/m0/s1. The highest BCUT2D eigenvalue weighted by molar-refractivity contribution is 5.84. The van der Waals surface area contributed by atoms with Gasteiger partial charge in [0.2, 0.25) is 0 Å². The highest BCUT2D eigenvalue weighted by Crippen LogP contribution is 2.44. The molecule has 24 heavy (non-hydrogen) atoms. The molecular weight excluding hydrogens is 304 g/mol. The zero-order valence-electron chi connectivity index (χ0n) is 13.8. The predicted molar refractivity (Wildman–Crippen MR) is 89.4 cm³/mol. The molecule has 0 saturated heterocycles. The lowest BCUT2D eigenvalue weighted by atomic mass is 9.66. The van der Waals surface area contributed by atoms with Gasteiger partial charge in [-0.3, -0.25) is 9.59 Å². The summed E-state index contributed by atoms with van der Waals surface area (Å²) in [6.45, 7) is 0. The van der Waals surface area contributed by atoms with E-state index in [9.17, 15) is 9.59 Å². The van der Waals surface area contributed by atoms with Crippen LogP contribution in [0.4, 0.5) is 0 Å². The fraction of sp³-hybridized carbons (Fsp3) is 0.300. The van der Waals surface area contributed by atoms with Crippen molar-refractivity contribution in [1.29, 1.82) is 0 Å². The van der Waals surface area contributed by atoms with Crippen molar-refractivity contribution >= 4 is 11.9 Å². The third-order valence-electron chi connectivity index (χ3n) is 4.76. The largest absolute Gasteiger partial charge is 0.469 e. The quantitative estimate of drug-likeness (QED) is 0.815. The van der Waals surface area contributed by atoms with Crippen LogP contribution in [0.15, 0.2) is 54.6 Å². The molecule has 2 aromatic carbocycles. The SMILES string of the molecule is COC(=O)[C@@H]1[C@H](c2ccccc2)c2ccccc2C[C@@H]1C(=O)OC. The Hall–Kier alpha value is -2.62. The highest BCUT2D eigenvalue weighted by atomic mass is 16.5. The van der Waals surface area contributed by atoms with Crippen molar-refractivity contribution in [3.8, 4) is 0 Å². The fourth-order valence-electron chi connectivity index (χ4n) is 3.68. The van der Waals surface area contributed by atoms with E-state index < -0.39 is 11.8 Å². The topological polar surface area (TPSA) is 52.6 Å². The maximum absolute atomic E-state index is 12.6. The Bertz CT molecular complexity index is 738. The van der Waals surface area contributed by atoms with Gasteiger partial charge < -0.3 is 9.47 Å². The molecule has 0 spiro atoms. The molecule has 3 atom stereocenters. The molecule has 1 aliphatic rings. The molecule has 3 rings (SSSR count). The second kappa shape index (κ2) is 6.87. The van der Waals surface area contributed by atoms with Gasteiger partial charge in [-0.1, -0.05) is 54.6 Å². The summed E-state index contributed by atoms with van der Waals surface area (Å²) < 4.78 is 10.0. The van der Waals surface area contributed by atoms with Crippen molar-refractivity contribution in [2.24, 2.45) is 11.8 Å². The maximum atomic E-state index is 12.6. The smallest absolute Gasteiger partial charge is 0.310 e. The number of hydrogen-bond donors (Lipinski definition) is 0. The molecule has 0 aromatic heterocycles. The summed E-state index contributed by atoms with van der Waals surface area (Å²) in [6.07, 6.45) is 0.478. The van der Waals surface area contributed by atoms with Crippen molar-refractivity contribution in [1.82, 2.24) is 0 Å². The van der Waals surface area contributed by atoms with Crippen molar-refractivity contribution in [3.05, 3.63) is 71.3 Å². The molecule has 0 bridgehead atoms. The molecule has 0 N–H and O–H groups in total. The Morgan fingerprint density at radius 2 is 1.50 bits per heavy atom. The van der Waals surface area contributed by atoms with E-state index in [1.54, 1.807) is 0 Å². The van der Waals surface area contributed by atoms with E-state index in [0.29, 0.717) is 6.42 Å². The summed E-state index contributed by atoms with van der Waals surface area (Å²) in [5.74, 6) is -2.13. The van der Waals surface area contributed by atoms with Gasteiger partial charge in [-0.25, -0.2) is 0 Å². The van der Waals surface area contributed by atoms with Gasteiger partial charge in [0.1, 0.15) is 0 Å². The van der Waals surface area contributed by atoms with E-state index in [1.165, 1.54) is 14.2 Å². The number of ether oxygens (including phenoxy) is 2. The molecule has 0 radical (unpaired) electrons. The summed E-state index contributed by atoms with van der Waals surface area (Å²) in [7, 11) is 2.72. The van der Waals surface area contributed by atoms with E-state index in [0.717, 1.165) is 16.7 Å². The molecule has 124 valence electrons. The van der Waals surface area contributed by atoms with Crippen LogP contribution in [0.2, 0.25) is 0 Å². The van der Waals surface area contributed by atoms with Crippen LogP contribution < -0.4 is 0 Å². The Labute approximate surface area is 141 Å². The number of hydrogen-bond acceptors (Lipinski definition) is 4. The van der Waals surface area contributed by atoms with E-state index in [2.05, 4.69) is 0 Å². The molecular formula is C20H20O4. The number of carbonyl (C=O) groups is 2. The van der Waals surface area contributed by atoms with Crippen molar-refractivity contribution in [3.63, 3.8) is 0 Å². The number of rotatable bonds is 3. The first kappa shape index (κ1) is 16.2. The lowest BCUT2D eigenvalue weighted by Crippen LogP contribution is -2.41. The van der Waals surface area contributed by atoms with Gasteiger partial charge in [0, 0.05) is 5.92 Å². The summed E-state index contributed by atoms with van der Waals surface area (Å²) in [5, 5.41) is 0. The molecule has 4 heteroatoms. The van der Waals surface area contributed by atoms with Crippen LogP contribution >= 0.6 is 0 Å². The minimum atomic E-state index is -0.597. The molecule has 0 fully saturated rings. The van der Waals surface area contributed by atoms with Crippen LogP contribution in [0.5, 0.6) is 0 Å². The summed E-state index contributed by atoms with van der Waals surface area (Å²) in [6, 6.07) is 17.7. The Kier molecular flexibility index (Phi) is 4.65. The molecule has 0 heterocycles. The van der Waals surface area contributed by atoms with Crippen molar-refractivity contribution in [2.75, 3.05) is 14.2 Å². The van der Waals surface area contributed by atoms with Crippen LogP contribution in [0.3, 0.4) is 0 Å². The average molecular weight is 324 g/mol. The van der Waals surface area contributed by atoms with E-state index >= 15 is 0 Å². The zero-order valence-corrected chi connectivity index (χ0v) is 13.8. The number of benzene rings is 2. The van der Waals surface area contributed by atoms with E-state index in [4.69, 9.17) is 9.47 Å². The second-order valence-electron chi connectivity index (χ2n) is 5.97. The van der Waals surface area contributed by atoms with Gasteiger partial charge in [0.15, 0.2) is 0 Å². The first-order chi connectivity index (χ1) is 11.7. The number of esters is 2. The number of methoxy groups -OCH3 is 2. The van der Waals surface area contributed by atoms with Crippen molar-refractivity contribution in [2.45, 2.75) is 12.3 Å². The van der Waals surface area contributed by atoms with Crippen LogP contribution in [0.1, 0.15) is 22.6 Å². The molecule has 0 amide bonds. The lowest BCUT2D eigenvalue weighted by molar-refractivity contribution is -0.158. The Morgan fingerprint density at radius 1 is 0.875 bits per heavy atom. The minimum Gasteiger partial charge on any atom is -0.469 e. The normalized spacial score (nSPS) is 22.3. The molecule has 0 aliphatic heterocycles. The fourth-order valence-corrected chi connectivity index (χ4v) is 3.68. The van der Waals surface area contributed by atoms with Gasteiger partial charge in [-0.2, -0.15) is 0 Å². The van der Waals surface area contributed by atoms with Gasteiger partial charge in [-0.05, 0) is 23.1 Å². The van der Waals surface area contributed by atoms with Crippen LogP contribution in [0.25, 0.3) is 0 Å². The van der Waals surface area contributed by atoms with Crippen LogP contribution in [-0.2, 0) is 25.5 Å². The Balaban J connectivity index is 2.19. The first-order valence-electron chi connectivity index (χ1n) is 7.95. The molecule has 1 aliphatic carbocycles. The Morgan fingerprint density at radius 3 is 2.17 bits per heavy atom. The predicted octanol–water partition coefficient (Wildman–Crippen LogP) is 2.95. The monoisotopic (exact) mass is 324 g/mol. The minimum absolute atomic E-state index is 0.229.